The third kappa shape index (κ3) is 5.65. The average molecular weight is 521 g/mol. The Balaban J connectivity index is 2.01. The second-order valence-electron chi connectivity index (χ2n) is 8.41. The minimum Gasteiger partial charge on any atom is -0.545 e. The minimum atomic E-state index is -1.64. The fourth-order valence-electron chi connectivity index (χ4n) is 3.99. The zero-order chi connectivity index (χ0) is 28.4. The van der Waals surface area contributed by atoms with Crippen molar-refractivity contribution in [2.75, 3.05) is 0 Å². The molecule has 0 radical (unpaired) electrons. The molecular weight excluding hydrogens is 508 g/mol. The van der Waals surface area contributed by atoms with Gasteiger partial charge in [-0.3, -0.25) is 0 Å². The Morgan fingerprint density at radius 3 is 0.846 bits per heavy atom. The van der Waals surface area contributed by atoms with E-state index < -0.39 is 52.1 Å². The second kappa shape index (κ2) is 10.3. The van der Waals surface area contributed by atoms with E-state index >= 15 is 0 Å². The molecule has 0 spiro atoms. The number of carboxylic acid groups (broad SMARTS) is 5. The first-order valence-electron chi connectivity index (χ1n) is 11.1. The number of rotatable bonds is 8. The number of benzene rings is 4. The molecule has 0 heterocycles. The molecule has 10 heteroatoms. The monoisotopic (exact) mass is 521 g/mol. The molecule has 0 aliphatic rings. The van der Waals surface area contributed by atoms with Crippen molar-refractivity contribution in [3.8, 4) is 33.4 Å². The Labute approximate surface area is 219 Å². The summed E-state index contributed by atoms with van der Waals surface area (Å²) in [7, 11) is 0. The van der Waals surface area contributed by atoms with E-state index in [1.54, 1.807) is 12.1 Å². The fraction of sp³-hybridized carbons (Fsp3) is 0. The summed E-state index contributed by atoms with van der Waals surface area (Å²) in [5.74, 6) is -7.98. The van der Waals surface area contributed by atoms with Gasteiger partial charge in [-0.25, -0.2) is 0 Å². The van der Waals surface area contributed by atoms with Gasteiger partial charge in [-0.1, -0.05) is 24.3 Å². The van der Waals surface area contributed by atoms with Gasteiger partial charge in [0.15, 0.2) is 0 Å². The van der Waals surface area contributed by atoms with E-state index in [0.717, 1.165) is 36.4 Å². The van der Waals surface area contributed by atoms with Crippen molar-refractivity contribution < 1.29 is 49.5 Å². The number of hydrogen-bond donors (Lipinski definition) is 0. The Hall–Kier alpha value is -5.77. The van der Waals surface area contributed by atoms with Gasteiger partial charge in [-0.2, -0.15) is 0 Å². The standard InChI is InChI=1S/C29H18O10/c30-25(31)15-3-1-14(2-4-15)16-5-17(19-8-21(26(32)33)12-22(9-19)27(34)35)7-18(6-16)20-10-23(28(36)37)13-24(11-20)29(38)39/h1-13H,(H,30,31)(H,32,33)(H,34,35)(H,36,37)(H,38,39)/p-5. The SMILES string of the molecule is O=C([O-])c1ccc(-c2cc(-c3cc(C(=O)[O-])cc(C(=O)[O-])c3)cc(-c3cc(C(=O)[O-])cc(C(=O)[O-])c3)c2)cc1. The van der Waals surface area contributed by atoms with Gasteiger partial charge in [0.1, 0.15) is 0 Å². The molecule has 0 fully saturated rings. The van der Waals surface area contributed by atoms with Crippen LogP contribution in [-0.4, -0.2) is 29.8 Å². The Bertz CT molecular complexity index is 1530. The van der Waals surface area contributed by atoms with Crippen LogP contribution in [0.2, 0.25) is 0 Å². The van der Waals surface area contributed by atoms with Crippen molar-refractivity contribution in [3.05, 3.63) is 107 Å². The predicted molar refractivity (Wildman–Crippen MR) is 124 cm³/mol. The molecule has 39 heavy (non-hydrogen) atoms. The lowest BCUT2D eigenvalue weighted by Crippen LogP contribution is -2.25. The van der Waals surface area contributed by atoms with E-state index in [1.165, 1.54) is 30.3 Å². The molecule has 0 bridgehead atoms. The average Bonchev–Trinajstić information content (AvgIpc) is 2.92. The van der Waals surface area contributed by atoms with Crippen LogP contribution in [0.5, 0.6) is 0 Å². The van der Waals surface area contributed by atoms with Crippen LogP contribution < -0.4 is 25.5 Å². The summed E-state index contributed by atoms with van der Waals surface area (Å²) in [6.07, 6.45) is 0. The summed E-state index contributed by atoms with van der Waals surface area (Å²) in [6.45, 7) is 0. The molecular formula is C29H13O10-5. The van der Waals surface area contributed by atoms with E-state index in [0.29, 0.717) is 11.1 Å². The minimum absolute atomic E-state index is 0.101. The summed E-state index contributed by atoms with van der Waals surface area (Å²) in [4.78, 5) is 57.3. The van der Waals surface area contributed by atoms with E-state index in [4.69, 9.17) is 0 Å². The lowest BCUT2D eigenvalue weighted by molar-refractivity contribution is -0.257. The van der Waals surface area contributed by atoms with Crippen LogP contribution in [-0.2, 0) is 0 Å². The topological polar surface area (TPSA) is 201 Å². The molecule has 4 rings (SSSR count). The summed E-state index contributed by atoms with van der Waals surface area (Å²) in [5, 5.41) is 57.3. The molecule has 0 saturated carbocycles. The first-order chi connectivity index (χ1) is 18.4. The Kier molecular flexibility index (Phi) is 6.95. The number of carbonyl (C=O) groups excluding carboxylic acids is 5. The first-order valence-corrected chi connectivity index (χ1v) is 11.1. The van der Waals surface area contributed by atoms with Crippen LogP contribution in [0.3, 0.4) is 0 Å². The number of carbonyl (C=O) groups is 5. The highest BCUT2D eigenvalue weighted by Gasteiger charge is 2.12. The Morgan fingerprint density at radius 2 is 0.564 bits per heavy atom. The maximum atomic E-state index is 11.5. The maximum absolute atomic E-state index is 11.5. The van der Waals surface area contributed by atoms with Crippen molar-refractivity contribution in [2.45, 2.75) is 0 Å². The van der Waals surface area contributed by atoms with Crippen molar-refractivity contribution in [3.63, 3.8) is 0 Å². The molecule has 194 valence electrons. The van der Waals surface area contributed by atoms with Crippen LogP contribution in [0.25, 0.3) is 33.4 Å². The molecule has 0 aliphatic carbocycles. The molecule has 0 aromatic heterocycles. The van der Waals surface area contributed by atoms with Gasteiger partial charge in [0.05, 0.1) is 29.8 Å². The van der Waals surface area contributed by atoms with E-state index in [9.17, 15) is 49.5 Å². The molecule has 0 atom stereocenters. The van der Waals surface area contributed by atoms with Crippen molar-refractivity contribution in [2.24, 2.45) is 0 Å². The Morgan fingerprint density at radius 1 is 0.308 bits per heavy atom. The molecule has 0 N–H and O–H groups in total. The summed E-state index contributed by atoms with van der Waals surface area (Å²) in [5.41, 5.74) is -0.281. The van der Waals surface area contributed by atoms with Gasteiger partial charge in [-0.15, -0.1) is 0 Å². The summed E-state index contributed by atoms with van der Waals surface area (Å²) < 4.78 is 0. The molecule has 4 aromatic carbocycles. The van der Waals surface area contributed by atoms with E-state index in [1.807, 2.05) is 0 Å². The van der Waals surface area contributed by atoms with E-state index in [2.05, 4.69) is 0 Å². The lowest BCUT2D eigenvalue weighted by Gasteiger charge is -2.16. The third-order valence-electron chi connectivity index (χ3n) is 5.86. The van der Waals surface area contributed by atoms with Gasteiger partial charge in [0, 0.05) is 0 Å². The zero-order valence-corrected chi connectivity index (χ0v) is 19.6. The van der Waals surface area contributed by atoms with Crippen LogP contribution in [0, 0.1) is 0 Å². The van der Waals surface area contributed by atoms with Crippen LogP contribution in [0.4, 0.5) is 0 Å². The number of hydrogen-bond acceptors (Lipinski definition) is 10. The van der Waals surface area contributed by atoms with E-state index in [-0.39, 0.29) is 27.8 Å². The van der Waals surface area contributed by atoms with Crippen LogP contribution in [0.1, 0.15) is 51.8 Å². The highest BCUT2D eigenvalue weighted by atomic mass is 16.4. The van der Waals surface area contributed by atoms with Crippen LogP contribution >= 0.6 is 0 Å². The third-order valence-corrected chi connectivity index (χ3v) is 5.86. The highest BCUT2D eigenvalue weighted by Crippen LogP contribution is 2.34. The van der Waals surface area contributed by atoms with Gasteiger partial charge < -0.3 is 49.5 Å². The molecule has 10 nitrogen and oxygen atoms in total. The molecule has 0 saturated heterocycles. The quantitative estimate of drug-likeness (QED) is 0.263. The summed E-state index contributed by atoms with van der Waals surface area (Å²) in [6, 6.07) is 16.4. The molecule has 0 amide bonds. The first kappa shape index (κ1) is 26.3. The van der Waals surface area contributed by atoms with Gasteiger partial charge in [0.25, 0.3) is 0 Å². The smallest absolute Gasteiger partial charge is 0.0715 e. The molecule has 0 unspecified atom stereocenters. The number of carboxylic acids is 5. The highest BCUT2D eigenvalue weighted by molar-refractivity contribution is 5.97. The van der Waals surface area contributed by atoms with Gasteiger partial charge in [0.2, 0.25) is 0 Å². The lowest BCUT2D eigenvalue weighted by atomic mass is 9.90. The largest absolute Gasteiger partial charge is 0.545 e. The fourth-order valence-corrected chi connectivity index (χ4v) is 3.99. The van der Waals surface area contributed by atoms with Crippen molar-refractivity contribution in [1.82, 2.24) is 0 Å². The van der Waals surface area contributed by atoms with Crippen LogP contribution in [0.15, 0.2) is 78.9 Å². The normalized spacial score (nSPS) is 10.6. The predicted octanol–water partition coefficient (Wildman–Crippen LogP) is -1.49. The second-order valence-corrected chi connectivity index (χ2v) is 8.41. The maximum Gasteiger partial charge on any atom is 0.0715 e. The summed E-state index contributed by atoms with van der Waals surface area (Å²) >= 11 is 0. The van der Waals surface area contributed by atoms with Crippen molar-refractivity contribution >= 4 is 29.8 Å². The zero-order valence-electron chi connectivity index (χ0n) is 19.6. The molecule has 4 aromatic rings. The number of aromatic carboxylic acids is 5. The van der Waals surface area contributed by atoms with Crippen molar-refractivity contribution in [1.29, 1.82) is 0 Å². The molecule has 0 aliphatic heterocycles. The van der Waals surface area contributed by atoms with Gasteiger partial charge >= 0.3 is 0 Å². The van der Waals surface area contributed by atoms with Gasteiger partial charge in [-0.05, 0) is 116 Å².